The van der Waals surface area contributed by atoms with Crippen LogP contribution in [0.15, 0.2) is 54.6 Å². The van der Waals surface area contributed by atoms with Crippen molar-refractivity contribution in [3.05, 3.63) is 60.2 Å². The lowest BCUT2D eigenvalue weighted by molar-refractivity contribution is -0.123. The highest BCUT2D eigenvalue weighted by Crippen LogP contribution is 2.23. The fourth-order valence-electron chi connectivity index (χ4n) is 3.69. The maximum atomic E-state index is 12.7. The van der Waals surface area contributed by atoms with Crippen LogP contribution < -0.4 is 15.0 Å². The van der Waals surface area contributed by atoms with Crippen molar-refractivity contribution in [1.29, 1.82) is 0 Å². The highest BCUT2D eigenvalue weighted by Gasteiger charge is 2.22. The molecule has 28 heavy (non-hydrogen) atoms. The zero-order chi connectivity index (χ0) is 19.9. The number of nitrogens with one attached hydrogen (secondary N) is 1. The number of piperazine rings is 1. The van der Waals surface area contributed by atoms with Crippen molar-refractivity contribution in [1.82, 2.24) is 10.2 Å². The Bertz CT molecular complexity index is 755. The van der Waals surface area contributed by atoms with E-state index in [9.17, 15) is 4.79 Å². The number of carbonyl (C=O) groups is 1. The first-order chi connectivity index (χ1) is 13.6. The number of anilines is 1. The van der Waals surface area contributed by atoms with Crippen LogP contribution >= 0.6 is 0 Å². The van der Waals surface area contributed by atoms with E-state index in [0.29, 0.717) is 12.5 Å². The van der Waals surface area contributed by atoms with Crippen LogP contribution in [0.5, 0.6) is 5.75 Å². The summed E-state index contributed by atoms with van der Waals surface area (Å²) < 4.78 is 5.32. The third-order valence-corrected chi connectivity index (χ3v) is 5.30. The Hall–Kier alpha value is -2.53. The minimum absolute atomic E-state index is 0.0479. The second kappa shape index (κ2) is 9.60. The molecule has 0 aromatic heterocycles. The molecule has 0 radical (unpaired) electrons. The van der Waals surface area contributed by atoms with E-state index < -0.39 is 0 Å². The summed E-state index contributed by atoms with van der Waals surface area (Å²) in [5.41, 5.74) is 2.33. The highest BCUT2D eigenvalue weighted by atomic mass is 16.5. The molecule has 1 saturated heterocycles. The summed E-state index contributed by atoms with van der Waals surface area (Å²) >= 11 is 0. The van der Waals surface area contributed by atoms with E-state index in [-0.39, 0.29) is 11.9 Å². The van der Waals surface area contributed by atoms with Gasteiger partial charge in [-0.15, -0.1) is 0 Å². The topological polar surface area (TPSA) is 44.8 Å². The number of benzene rings is 2. The average Bonchev–Trinajstić information content (AvgIpc) is 2.73. The maximum Gasteiger partial charge on any atom is 0.234 e. The van der Waals surface area contributed by atoms with Crippen molar-refractivity contribution in [3.63, 3.8) is 0 Å². The monoisotopic (exact) mass is 381 g/mol. The van der Waals surface area contributed by atoms with Crippen LogP contribution in [-0.2, 0) is 4.79 Å². The van der Waals surface area contributed by atoms with E-state index in [1.54, 1.807) is 7.11 Å². The normalized spacial score (nSPS) is 16.1. The van der Waals surface area contributed by atoms with Gasteiger partial charge in [-0.3, -0.25) is 9.69 Å². The molecule has 3 rings (SSSR count). The van der Waals surface area contributed by atoms with Crippen LogP contribution in [0, 0.1) is 5.92 Å². The van der Waals surface area contributed by atoms with E-state index in [1.165, 1.54) is 5.69 Å². The first-order valence-corrected chi connectivity index (χ1v) is 10.0. The summed E-state index contributed by atoms with van der Waals surface area (Å²) in [5, 5.41) is 3.23. The molecule has 5 heteroatoms. The van der Waals surface area contributed by atoms with Gasteiger partial charge in [-0.1, -0.05) is 50.2 Å². The van der Waals surface area contributed by atoms with Gasteiger partial charge in [0.1, 0.15) is 5.75 Å². The Morgan fingerprint density at radius 1 is 1.04 bits per heavy atom. The molecule has 1 heterocycles. The van der Waals surface area contributed by atoms with Crippen LogP contribution in [0.25, 0.3) is 0 Å². The second-order valence-corrected chi connectivity index (χ2v) is 7.66. The molecule has 0 bridgehead atoms. The SMILES string of the molecule is COc1cccc(N2CCN(CC(=O)NC(c3ccccc3)C(C)C)CC2)c1. The van der Waals surface area contributed by atoms with Gasteiger partial charge in [0.15, 0.2) is 0 Å². The Morgan fingerprint density at radius 3 is 2.39 bits per heavy atom. The number of methoxy groups -OCH3 is 1. The summed E-state index contributed by atoms with van der Waals surface area (Å²) in [7, 11) is 1.69. The predicted octanol–water partition coefficient (Wildman–Crippen LogP) is 3.33. The molecule has 1 amide bonds. The average molecular weight is 382 g/mol. The Labute approximate surface area is 168 Å². The predicted molar refractivity (Wildman–Crippen MR) is 114 cm³/mol. The number of hydrogen-bond donors (Lipinski definition) is 1. The summed E-state index contributed by atoms with van der Waals surface area (Å²) in [6.07, 6.45) is 0. The van der Waals surface area contributed by atoms with E-state index in [0.717, 1.165) is 37.5 Å². The molecule has 1 atom stereocenters. The van der Waals surface area contributed by atoms with Gasteiger partial charge in [0.05, 0.1) is 19.7 Å². The molecule has 5 nitrogen and oxygen atoms in total. The van der Waals surface area contributed by atoms with Gasteiger partial charge in [-0.05, 0) is 23.6 Å². The quantitative estimate of drug-likeness (QED) is 0.799. The molecule has 0 spiro atoms. The van der Waals surface area contributed by atoms with Gasteiger partial charge in [0.2, 0.25) is 5.91 Å². The van der Waals surface area contributed by atoms with E-state index in [1.807, 2.05) is 30.3 Å². The van der Waals surface area contributed by atoms with Crippen molar-refractivity contribution in [2.24, 2.45) is 5.92 Å². The molecule has 1 aliphatic heterocycles. The molecule has 0 saturated carbocycles. The second-order valence-electron chi connectivity index (χ2n) is 7.66. The highest BCUT2D eigenvalue weighted by molar-refractivity contribution is 5.78. The van der Waals surface area contributed by atoms with Gasteiger partial charge in [0.25, 0.3) is 0 Å². The standard InChI is InChI=1S/C23H31N3O2/c1-18(2)23(19-8-5-4-6-9-19)24-22(27)17-25-12-14-26(15-13-25)20-10-7-11-21(16-20)28-3/h4-11,16,18,23H,12-15,17H2,1-3H3,(H,24,27). The minimum Gasteiger partial charge on any atom is -0.497 e. The first-order valence-electron chi connectivity index (χ1n) is 10.0. The van der Waals surface area contributed by atoms with E-state index in [2.05, 4.69) is 53.2 Å². The number of nitrogens with zero attached hydrogens (tertiary/aromatic N) is 2. The summed E-state index contributed by atoms with van der Waals surface area (Å²) in [5.74, 6) is 1.31. The number of ether oxygens (including phenoxy) is 1. The molecule has 1 unspecified atom stereocenters. The molecule has 150 valence electrons. The van der Waals surface area contributed by atoms with E-state index >= 15 is 0 Å². The molecular weight excluding hydrogens is 350 g/mol. The summed E-state index contributed by atoms with van der Waals surface area (Å²) in [4.78, 5) is 17.2. The van der Waals surface area contributed by atoms with Crippen molar-refractivity contribution >= 4 is 11.6 Å². The van der Waals surface area contributed by atoms with Crippen LogP contribution in [0.2, 0.25) is 0 Å². The molecule has 0 aliphatic carbocycles. The van der Waals surface area contributed by atoms with Crippen molar-refractivity contribution in [3.8, 4) is 5.75 Å². The molecular formula is C23H31N3O2. The Morgan fingerprint density at radius 2 is 1.75 bits per heavy atom. The smallest absolute Gasteiger partial charge is 0.234 e. The maximum absolute atomic E-state index is 12.7. The van der Waals surface area contributed by atoms with Crippen LogP contribution in [0.4, 0.5) is 5.69 Å². The van der Waals surface area contributed by atoms with E-state index in [4.69, 9.17) is 4.74 Å². The van der Waals surface area contributed by atoms with Crippen LogP contribution in [-0.4, -0.2) is 50.6 Å². The first kappa shape index (κ1) is 20.2. The largest absolute Gasteiger partial charge is 0.497 e. The summed E-state index contributed by atoms with van der Waals surface area (Å²) in [6, 6.07) is 18.4. The Balaban J connectivity index is 1.51. The third-order valence-electron chi connectivity index (χ3n) is 5.30. The fraction of sp³-hybridized carbons (Fsp3) is 0.435. The van der Waals surface area contributed by atoms with Gasteiger partial charge in [0, 0.05) is 37.9 Å². The molecule has 2 aromatic carbocycles. The Kier molecular flexibility index (Phi) is 6.93. The number of rotatable bonds is 7. The number of carbonyl (C=O) groups excluding carboxylic acids is 1. The van der Waals surface area contributed by atoms with Crippen molar-refractivity contribution < 1.29 is 9.53 Å². The van der Waals surface area contributed by atoms with Gasteiger partial charge in [-0.2, -0.15) is 0 Å². The molecule has 2 aromatic rings. The fourth-order valence-corrected chi connectivity index (χ4v) is 3.69. The molecule has 1 N–H and O–H groups in total. The lowest BCUT2D eigenvalue weighted by Gasteiger charge is -2.36. The lowest BCUT2D eigenvalue weighted by Crippen LogP contribution is -2.50. The summed E-state index contributed by atoms with van der Waals surface area (Å²) in [6.45, 7) is 8.31. The van der Waals surface area contributed by atoms with Gasteiger partial charge in [-0.25, -0.2) is 0 Å². The number of amides is 1. The van der Waals surface area contributed by atoms with Crippen molar-refractivity contribution in [2.45, 2.75) is 19.9 Å². The number of hydrogen-bond acceptors (Lipinski definition) is 4. The zero-order valence-corrected chi connectivity index (χ0v) is 17.1. The molecule has 1 fully saturated rings. The zero-order valence-electron chi connectivity index (χ0n) is 17.1. The van der Waals surface area contributed by atoms with Gasteiger partial charge >= 0.3 is 0 Å². The molecule has 1 aliphatic rings. The minimum atomic E-state index is 0.0479. The van der Waals surface area contributed by atoms with Gasteiger partial charge < -0.3 is 15.0 Å². The van der Waals surface area contributed by atoms with Crippen LogP contribution in [0.3, 0.4) is 0 Å². The third kappa shape index (κ3) is 5.26. The lowest BCUT2D eigenvalue weighted by atomic mass is 9.96. The van der Waals surface area contributed by atoms with Crippen LogP contribution in [0.1, 0.15) is 25.5 Å². The van der Waals surface area contributed by atoms with Crippen molar-refractivity contribution in [2.75, 3.05) is 44.7 Å².